The molecule has 0 amide bonds. The van der Waals surface area contributed by atoms with Crippen LogP contribution in [0, 0.1) is 17.1 Å². The van der Waals surface area contributed by atoms with Gasteiger partial charge in [-0.2, -0.15) is 5.26 Å². The van der Waals surface area contributed by atoms with Crippen LogP contribution in [0.5, 0.6) is 0 Å². The van der Waals surface area contributed by atoms with Crippen molar-refractivity contribution in [2.45, 2.75) is 28.4 Å². The summed E-state index contributed by atoms with van der Waals surface area (Å²) in [6.45, 7) is 1.44. The van der Waals surface area contributed by atoms with Gasteiger partial charge in [0, 0.05) is 36.3 Å². The van der Waals surface area contributed by atoms with Crippen molar-refractivity contribution in [3.63, 3.8) is 0 Å². The van der Waals surface area contributed by atoms with E-state index >= 15 is 0 Å². The summed E-state index contributed by atoms with van der Waals surface area (Å²) in [5.74, 6) is 0.245. The predicted molar refractivity (Wildman–Crippen MR) is 118 cm³/mol. The maximum atomic E-state index is 13.1. The summed E-state index contributed by atoms with van der Waals surface area (Å²) in [7, 11) is -4.02. The Labute approximate surface area is 189 Å². The van der Waals surface area contributed by atoms with Gasteiger partial charge in [0.25, 0.3) is 0 Å². The number of rotatable bonds is 9. The van der Waals surface area contributed by atoms with Crippen molar-refractivity contribution in [3.8, 4) is 6.07 Å². The van der Waals surface area contributed by atoms with Crippen LogP contribution in [0.15, 0.2) is 46.2 Å². The molecule has 1 fully saturated rings. The molecule has 1 heterocycles. The van der Waals surface area contributed by atoms with Crippen molar-refractivity contribution in [3.05, 3.63) is 52.8 Å². The second kappa shape index (κ2) is 10.1. The van der Waals surface area contributed by atoms with Gasteiger partial charge in [0.1, 0.15) is 18.1 Å². The molecule has 0 aliphatic carbocycles. The number of nitriles is 1. The van der Waals surface area contributed by atoms with E-state index in [0.29, 0.717) is 37.5 Å². The van der Waals surface area contributed by atoms with Crippen LogP contribution in [0.4, 0.5) is 14.5 Å². The number of nitrogens with one attached hydrogen (secondary N) is 1. The lowest BCUT2D eigenvalue weighted by Crippen LogP contribution is -2.49. The van der Waals surface area contributed by atoms with Gasteiger partial charge in [0.15, 0.2) is 0 Å². The summed E-state index contributed by atoms with van der Waals surface area (Å²) in [4.78, 5) is 2.61. The predicted octanol–water partition coefficient (Wildman–Crippen LogP) is 3.61. The molecule has 11 heteroatoms. The first-order valence-corrected chi connectivity index (χ1v) is 12.3. The molecule has 0 aromatic heterocycles. The highest BCUT2D eigenvalue weighted by atomic mass is 35.5. The number of likely N-dealkylation sites (tertiary alicyclic amines) is 1. The molecule has 0 spiro atoms. The highest BCUT2D eigenvalue weighted by molar-refractivity contribution is 7.99. The number of alkyl halides is 1. The van der Waals surface area contributed by atoms with E-state index < -0.39 is 16.2 Å². The molecule has 0 saturated carbocycles. The van der Waals surface area contributed by atoms with Crippen LogP contribution in [0.1, 0.15) is 12.0 Å². The molecule has 31 heavy (non-hydrogen) atoms. The zero-order chi connectivity index (χ0) is 22.6. The van der Waals surface area contributed by atoms with E-state index in [1.165, 1.54) is 36.0 Å². The second-order valence-corrected chi connectivity index (χ2v) is 10.3. The summed E-state index contributed by atoms with van der Waals surface area (Å²) in [6.07, 6.45) is -0.163. The highest BCUT2D eigenvalue weighted by Gasteiger charge is 2.27. The number of hydrogen-bond acceptors (Lipinski definition) is 6. The van der Waals surface area contributed by atoms with E-state index in [1.807, 2.05) is 11.0 Å². The van der Waals surface area contributed by atoms with E-state index in [2.05, 4.69) is 5.32 Å². The molecular formula is C20H21ClF2N4O2S2. The average molecular weight is 487 g/mol. The Morgan fingerprint density at radius 3 is 2.58 bits per heavy atom. The van der Waals surface area contributed by atoms with Gasteiger partial charge in [-0.1, -0.05) is 11.6 Å². The summed E-state index contributed by atoms with van der Waals surface area (Å²) in [6, 6.07) is 10.3. The second-order valence-electron chi connectivity index (χ2n) is 7.24. The van der Waals surface area contributed by atoms with Crippen LogP contribution >= 0.6 is 23.4 Å². The van der Waals surface area contributed by atoms with Crippen LogP contribution < -0.4 is 10.5 Å². The molecule has 0 unspecified atom stereocenters. The monoisotopic (exact) mass is 486 g/mol. The van der Waals surface area contributed by atoms with E-state index in [1.54, 1.807) is 12.1 Å². The first-order chi connectivity index (χ1) is 14.7. The molecule has 1 saturated heterocycles. The molecule has 2 aromatic carbocycles. The SMILES string of the molecule is N#Cc1cc(S(N)(=O)=O)cc(Cl)c1N[C@H](CCN1CC(F)C1)CSc1ccc(F)cc1. The largest absolute Gasteiger partial charge is 0.379 e. The number of nitrogens with two attached hydrogens (primary N) is 1. The van der Waals surface area contributed by atoms with Crippen LogP contribution in [-0.4, -0.2) is 50.9 Å². The van der Waals surface area contributed by atoms with Crippen molar-refractivity contribution in [2.24, 2.45) is 5.14 Å². The first kappa shape index (κ1) is 23.8. The Balaban J connectivity index is 1.77. The van der Waals surface area contributed by atoms with Gasteiger partial charge in [0.05, 0.1) is 21.2 Å². The van der Waals surface area contributed by atoms with E-state index in [9.17, 15) is 22.5 Å². The number of sulfonamides is 1. The van der Waals surface area contributed by atoms with E-state index in [-0.39, 0.29) is 27.3 Å². The zero-order valence-electron chi connectivity index (χ0n) is 16.4. The third kappa shape index (κ3) is 6.54. The molecule has 166 valence electrons. The van der Waals surface area contributed by atoms with Gasteiger partial charge >= 0.3 is 0 Å². The van der Waals surface area contributed by atoms with Crippen LogP contribution in [-0.2, 0) is 10.0 Å². The minimum atomic E-state index is -4.02. The molecule has 2 aromatic rings. The standard InChI is InChI=1S/C20H21ClF2N4O2S2/c21-19-8-18(31(25,28)29)7-13(9-24)20(19)26-16(5-6-27-10-15(23)11-27)12-30-17-3-1-14(22)2-4-17/h1-4,7-8,15-16,26H,5-6,10-12H2,(H2,25,28,29)/t16-/m1/s1. The van der Waals surface area contributed by atoms with Crippen molar-refractivity contribution >= 4 is 39.1 Å². The van der Waals surface area contributed by atoms with Crippen LogP contribution in [0.25, 0.3) is 0 Å². The zero-order valence-corrected chi connectivity index (χ0v) is 18.8. The maximum absolute atomic E-state index is 13.1. The molecule has 3 rings (SSSR count). The van der Waals surface area contributed by atoms with Crippen molar-refractivity contribution in [2.75, 3.05) is 30.7 Å². The van der Waals surface area contributed by atoms with Gasteiger partial charge in [-0.05, 0) is 42.8 Å². The summed E-state index contributed by atoms with van der Waals surface area (Å²) >= 11 is 7.77. The number of halogens is 3. The van der Waals surface area contributed by atoms with Gasteiger partial charge in [-0.15, -0.1) is 11.8 Å². The van der Waals surface area contributed by atoms with Crippen LogP contribution in [0.3, 0.4) is 0 Å². The number of anilines is 1. The average Bonchev–Trinajstić information content (AvgIpc) is 2.69. The molecular weight excluding hydrogens is 466 g/mol. The molecule has 0 bridgehead atoms. The van der Waals surface area contributed by atoms with Gasteiger partial charge in [-0.25, -0.2) is 22.3 Å². The van der Waals surface area contributed by atoms with Gasteiger partial charge in [-0.3, -0.25) is 4.90 Å². The molecule has 6 nitrogen and oxygen atoms in total. The number of thioether (sulfide) groups is 1. The van der Waals surface area contributed by atoms with Crippen molar-refractivity contribution in [1.29, 1.82) is 5.26 Å². The number of hydrogen-bond donors (Lipinski definition) is 2. The summed E-state index contributed by atoms with van der Waals surface area (Å²) in [5.41, 5.74) is 0.370. The third-order valence-electron chi connectivity index (χ3n) is 4.83. The van der Waals surface area contributed by atoms with E-state index in [0.717, 1.165) is 4.90 Å². The Kier molecular flexibility index (Phi) is 7.78. The minimum Gasteiger partial charge on any atom is -0.379 e. The lowest BCUT2D eigenvalue weighted by atomic mass is 10.1. The fourth-order valence-electron chi connectivity index (χ4n) is 3.14. The Hall–Kier alpha value is -1.90. The van der Waals surface area contributed by atoms with Crippen molar-refractivity contribution < 1.29 is 17.2 Å². The maximum Gasteiger partial charge on any atom is 0.238 e. The number of nitrogens with zero attached hydrogens (tertiary/aromatic N) is 2. The lowest BCUT2D eigenvalue weighted by molar-refractivity contribution is 0.0642. The Morgan fingerprint density at radius 2 is 2.00 bits per heavy atom. The number of primary sulfonamides is 1. The molecule has 1 aliphatic rings. The lowest BCUT2D eigenvalue weighted by Gasteiger charge is -2.35. The smallest absolute Gasteiger partial charge is 0.238 e. The third-order valence-corrected chi connectivity index (χ3v) is 7.20. The Morgan fingerprint density at radius 1 is 1.32 bits per heavy atom. The fraction of sp³-hybridized carbons (Fsp3) is 0.350. The quantitative estimate of drug-likeness (QED) is 0.525. The van der Waals surface area contributed by atoms with Gasteiger partial charge in [0.2, 0.25) is 10.0 Å². The summed E-state index contributed by atoms with van der Waals surface area (Å²) < 4.78 is 49.5. The minimum absolute atomic E-state index is 0.0566. The van der Waals surface area contributed by atoms with Crippen molar-refractivity contribution in [1.82, 2.24) is 4.90 Å². The van der Waals surface area contributed by atoms with Crippen LogP contribution in [0.2, 0.25) is 5.02 Å². The topological polar surface area (TPSA) is 99.2 Å². The molecule has 1 aliphatic heterocycles. The Bertz CT molecular complexity index is 1070. The highest BCUT2D eigenvalue weighted by Crippen LogP contribution is 2.31. The molecule has 1 atom stereocenters. The molecule has 0 radical (unpaired) electrons. The fourth-order valence-corrected chi connectivity index (χ4v) is 5.01. The number of benzene rings is 2. The molecule has 3 N–H and O–H groups in total. The van der Waals surface area contributed by atoms with E-state index in [4.69, 9.17) is 16.7 Å². The normalized spacial score (nSPS) is 15.8. The van der Waals surface area contributed by atoms with Gasteiger partial charge < -0.3 is 5.32 Å². The summed E-state index contributed by atoms with van der Waals surface area (Å²) in [5, 5.41) is 18.0. The first-order valence-electron chi connectivity index (χ1n) is 9.43.